The maximum absolute atomic E-state index is 13.1. The third-order valence-electron chi connectivity index (χ3n) is 5.00. The van der Waals surface area contributed by atoms with Gasteiger partial charge in [0.1, 0.15) is 5.75 Å². The molecule has 2 aliphatic rings. The molecule has 1 aliphatic carbocycles. The Morgan fingerprint density at radius 3 is 2.80 bits per heavy atom. The van der Waals surface area contributed by atoms with Crippen LogP contribution in [0.25, 0.3) is 0 Å². The number of nitrogens with zero attached hydrogens (tertiary/aromatic N) is 1. The Balaban J connectivity index is 1.73. The van der Waals surface area contributed by atoms with Gasteiger partial charge in [0.05, 0.1) is 12.5 Å². The van der Waals surface area contributed by atoms with E-state index in [0.29, 0.717) is 19.3 Å². The highest BCUT2D eigenvalue weighted by Gasteiger charge is 2.37. The summed E-state index contributed by atoms with van der Waals surface area (Å²) in [5, 5.41) is 3.36. The van der Waals surface area contributed by atoms with Crippen LogP contribution in [0.5, 0.6) is 5.75 Å². The normalized spacial score (nSPS) is 20.3. The van der Waals surface area contributed by atoms with Gasteiger partial charge in [0.15, 0.2) is 0 Å². The van der Waals surface area contributed by atoms with E-state index in [9.17, 15) is 4.79 Å². The Labute approximate surface area is 150 Å². The Hall–Kier alpha value is -1.59. The third-order valence-corrected chi connectivity index (χ3v) is 5.00. The van der Waals surface area contributed by atoms with Crippen LogP contribution >= 0.6 is 0 Å². The molecular formula is C20H30N2O3. The number of rotatable bonds is 8. The molecular weight excluding hydrogens is 316 g/mol. The van der Waals surface area contributed by atoms with Crippen LogP contribution in [-0.2, 0) is 9.53 Å². The monoisotopic (exact) mass is 346 g/mol. The number of piperidine rings is 1. The maximum Gasteiger partial charge on any atom is 0.231 e. The zero-order valence-electron chi connectivity index (χ0n) is 15.4. The van der Waals surface area contributed by atoms with Crippen LogP contribution in [0.15, 0.2) is 18.2 Å². The van der Waals surface area contributed by atoms with Gasteiger partial charge in [-0.15, -0.1) is 0 Å². The third kappa shape index (κ3) is 4.73. The summed E-state index contributed by atoms with van der Waals surface area (Å²) < 4.78 is 11.0. The molecule has 1 aromatic rings. The van der Waals surface area contributed by atoms with Gasteiger partial charge in [0.2, 0.25) is 5.91 Å². The summed E-state index contributed by atoms with van der Waals surface area (Å²) in [4.78, 5) is 15.1. The van der Waals surface area contributed by atoms with E-state index in [-0.39, 0.29) is 11.8 Å². The lowest BCUT2D eigenvalue weighted by Gasteiger charge is -2.30. The number of benzene rings is 1. The summed E-state index contributed by atoms with van der Waals surface area (Å²) in [6.07, 6.45) is 5.13. The predicted octanol–water partition coefficient (Wildman–Crippen LogP) is 2.91. The van der Waals surface area contributed by atoms with Crippen molar-refractivity contribution in [3.05, 3.63) is 23.8 Å². The Morgan fingerprint density at radius 1 is 1.28 bits per heavy atom. The summed E-state index contributed by atoms with van der Waals surface area (Å²) in [6.45, 7) is 5.19. The molecule has 1 amide bonds. The molecule has 1 aliphatic heterocycles. The second kappa shape index (κ2) is 8.68. The van der Waals surface area contributed by atoms with Gasteiger partial charge in [-0.1, -0.05) is 6.07 Å². The van der Waals surface area contributed by atoms with Gasteiger partial charge in [-0.05, 0) is 50.8 Å². The average Bonchev–Trinajstić information content (AvgIpc) is 3.47. The van der Waals surface area contributed by atoms with Gasteiger partial charge in [0.25, 0.3) is 0 Å². The Kier molecular flexibility index (Phi) is 6.32. The Bertz CT molecular complexity index is 580. The summed E-state index contributed by atoms with van der Waals surface area (Å²) in [6, 6.07) is 6.51. The van der Waals surface area contributed by atoms with Crippen LogP contribution < -0.4 is 15.0 Å². The zero-order chi connectivity index (χ0) is 17.6. The highest BCUT2D eigenvalue weighted by molar-refractivity contribution is 5.96. The maximum atomic E-state index is 13.1. The second-order valence-electron chi connectivity index (χ2n) is 7.13. The van der Waals surface area contributed by atoms with E-state index in [0.717, 1.165) is 62.2 Å². The number of aryl methyl sites for hydroxylation is 1. The van der Waals surface area contributed by atoms with E-state index in [2.05, 4.69) is 17.4 Å². The first kappa shape index (κ1) is 18.2. The van der Waals surface area contributed by atoms with Crippen LogP contribution in [0.1, 0.15) is 37.7 Å². The summed E-state index contributed by atoms with van der Waals surface area (Å²) in [7, 11) is 1.70. The van der Waals surface area contributed by atoms with E-state index in [1.165, 1.54) is 0 Å². The van der Waals surface area contributed by atoms with Crippen molar-refractivity contribution in [2.45, 2.75) is 45.1 Å². The molecule has 3 rings (SSSR count). The average molecular weight is 346 g/mol. The number of hydrogen-bond donors (Lipinski definition) is 1. The Morgan fingerprint density at radius 2 is 2.12 bits per heavy atom. The van der Waals surface area contributed by atoms with Crippen molar-refractivity contribution in [3.63, 3.8) is 0 Å². The first-order valence-electron chi connectivity index (χ1n) is 9.47. The lowest BCUT2D eigenvalue weighted by Crippen LogP contribution is -2.44. The van der Waals surface area contributed by atoms with Crippen molar-refractivity contribution in [2.24, 2.45) is 5.92 Å². The standard InChI is InChI=1S/C20H30N2O3/c1-15-6-7-18(13-19(15)25-12-4-11-24-2)22(17-8-9-17)20(23)16-5-3-10-21-14-16/h6-7,13,16-17,21H,3-5,8-12,14H2,1-2H3/t16-/m1/s1. The molecule has 0 aromatic heterocycles. The van der Waals surface area contributed by atoms with Crippen molar-refractivity contribution in [1.82, 2.24) is 5.32 Å². The fraction of sp³-hybridized carbons (Fsp3) is 0.650. The fourth-order valence-corrected chi connectivity index (χ4v) is 3.39. The van der Waals surface area contributed by atoms with Crippen LogP contribution in [0.2, 0.25) is 0 Å². The number of carbonyl (C=O) groups is 1. The van der Waals surface area contributed by atoms with Crippen LogP contribution in [0.4, 0.5) is 5.69 Å². The van der Waals surface area contributed by atoms with Crippen LogP contribution in [0, 0.1) is 12.8 Å². The van der Waals surface area contributed by atoms with Gasteiger partial charge in [-0.2, -0.15) is 0 Å². The molecule has 0 radical (unpaired) electrons. The van der Waals surface area contributed by atoms with E-state index in [1.54, 1.807) is 7.11 Å². The molecule has 0 bridgehead atoms. The van der Waals surface area contributed by atoms with E-state index in [4.69, 9.17) is 9.47 Å². The minimum atomic E-state index is 0.0988. The highest BCUT2D eigenvalue weighted by atomic mass is 16.5. The summed E-state index contributed by atoms with van der Waals surface area (Å²) >= 11 is 0. The van der Waals surface area contributed by atoms with Crippen molar-refractivity contribution in [3.8, 4) is 5.75 Å². The molecule has 5 nitrogen and oxygen atoms in total. The minimum Gasteiger partial charge on any atom is -0.493 e. The predicted molar refractivity (Wildman–Crippen MR) is 99.3 cm³/mol. The van der Waals surface area contributed by atoms with E-state index < -0.39 is 0 Å². The quantitative estimate of drug-likeness (QED) is 0.736. The SMILES string of the molecule is COCCCOc1cc(N(C(=O)[C@@H]2CCCNC2)C2CC2)ccc1C. The molecule has 5 heteroatoms. The second-order valence-corrected chi connectivity index (χ2v) is 7.13. The molecule has 25 heavy (non-hydrogen) atoms. The molecule has 1 saturated carbocycles. The first-order chi connectivity index (χ1) is 12.2. The molecule has 1 heterocycles. The minimum absolute atomic E-state index is 0.0988. The van der Waals surface area contributed by atoms with Crippen molar-refractivity contribution in [1.29, 1.82) is 0 Å². The number of nitrogens with one attached hydrogen (secondary N) is 1. The molecule has 1 aromatic carbocycles. The summed E-state index contributed by atoms with van der Waals surface area (Å²) in [5.41, 5.74) is 2.08. The zero-order valence-corrected chi connectivity index (χ0v) is 15.4. The van der Waals surface area contributed by atoms with Crippen LogP contribution in [0.3, 0.4) is 0 Å². The molecule has 1 saturated heterocycles. The summed E-state index contributed by atoms with van der Waals surface area (Å²) in [5.74, 6) is 1.24. The number of ether oxygens (including phenoxy) is 2. The smallest absolute Gasteiger partial charge is 0.231 e. The largest absolute Gasteiger partial charge is 0.493 e. The number of hydrogen-bond acceptors (Lipinski definition) is 4. The van der Waals surface area contributed by atoms with Gasteiger partial charge in [0, 0.05) is 44.5 Å². The van der Waals surface area contributed by atoms with Gasteiger partial charge in [-0.25, -0.2) is 0 Å². The number of anilines is 1. The number of amides is 1. The fourth-order valence-electron chi connectivity index (χ4n) is 3.39. The topological polar surface area (TPSA) is 50.8 Å². The molecule has 1 N–H and O–H groups in total. The van der Waals surface area contributed by atoms with Crippen LogP contribution in [-0.4, -0.2) is 45.4 Å². The number of methoxy groups -OCH3 is 1. The van der Waals surface area contributed by atoms with Crippen molar-refractivity contribution >= 4 is 11.6 Å². The lowest BCUT2D eigenvalue weighted by atomic mass is 9.97. The first-order valence-corrected chi connectivity index (χ1v) is 9.47. The van der Waals surface area contributed by atoms with Crippen molar-refractivity contribution in [2.75, 3.05) is 38.3 Å². The van der Waals surface area contributed by atoms with Gasteiger partial charge >= 0.3 is 0 Å². The molecule has 2 fully saturated rings. The van der Waals surface area contributed by atoms with Gasteiger partial charge in [-0.3, -0.25) is 4.79 Å². The molecule has 138 valence electrons. The van der Waals surface area contributed by atoms with E-state index >= 15 is 0 Å². The van der Waals surface area contributed by atoms with Crippen molar-refractivity contribution < 1.29 is 14.3 Å². The van der Waals surface area contributed by atoms with Gasteiger partial charge < -0.3 is 19.7 Å². The lowest BCUT2D eigenvalue weighted by molar-refractivity contribution is -0.123. The molecule has 0 spiro atoms. The molecule has 1 atom stereocenters. The van der Waals surface area contributed by atoms with E-state index in [1.807, 2.05) is 17.9 Å². The number of carbonyl (C=O) groups excluding carboxylic acids is 1. The highest BCUT2D eigenvalue weighted by Crippen LogP contribution is 2.36. The molecule has 0 unspecified atom stereocenters.